The van der Waals surface area contributed by atoms with Gasteiger partial charge in [0, 0.05) is 23.3 Å². The van der Waals surface area contributed by atoms with E-state index < -0.39 is 0 Å². The van der Waals surface area contributed by atoms with E-state index in [1.807, 2.05) is 42.1 Å². The SMILES string of the molecule is Cc1sc(-n2cccc2)c(C(=O)N[C@@H](C)CCc2ccccc2)c1C. The van der Waals surface area contributed by atoms with Gasteiger partial charge < -0.3 is 9.88 Å². The van der Waals surface area contributed by atoms with Gasteiger partial charge in [0.25, 0.3) is 5.91 Å². The zero-order valence-electron chi connectivity index (χ0n) is 15.0. The van der Waals surface area contributed by atoms with Crippen molar-refractivity contribution < 1.29 is 4.79 Å². The van der Waals surface area contributed by atoms with Crippen LogP contribution in [-0.4, -0.2) is 16.5 Å². The largest absolute Gasteiger partial charge is 0.349 e. The minimum Gasteiger partial charge on any atom is -0.349 e. The molecule has 1 atom stereocenters. The molecule has 1 amide bonds. The first-order chi connectivity index (χ1) is 12.1. The number of nitrogens with one attached hydrogen (secondary N) is 1. The van der Waals surface area contributed by atoms with Gasteiger partial charge in [-0.2, -0.15) is 0 Å². The Morgan fingerprint density at radius 2 is 1.80 bits per heavy atom. The highest BCUT2D eigenvalue weighted by molar-refractivity contribution is 7.15. The molecular formula is C21H24N2OS. The van der Waals surface area contributed by atoms with Crippen molar-refractivity contribution in [3.8, 4) is 5.00 Å². The molecule has 0 bridgehead atoms. The molecular weight excluding hydrogens is 328 g/mol. The molecule has 1 aromatic carbocycles. The fourth-order valence-corrected chi connectivity index (χ4v) is 4.04. The minimum absolute atomic E-state index is 0.0195. The van der Waals surface area contributed by atoms with Gasteiger partial charge in [0.2, 0.25) is 0 Å². The maximum atomic E-state index is 12.9. The van der Waals surface area contributed by atoms with E-state index in [2.05, 4.69) is 43.4 Å². The Morgan fingerprint density at radius 3 is 2.48 bits per heavy atom. The van der Waals surface area contributed by atoms with Crippen LogP contribution in [0.15, 0.2) is 54.9 Å². The number of nitrogens with zero attached hydrogens (tertiary/aromatic N) is 1. The Balaban J connectivity index is 1.71. The van der Waals surface area contributed by atoms with Crippen molar-refractivity contribution in [2.24, 2.45) is 0 Å². The molecule has 0 aliphatic carbocycles. The summed E-state index contributed by atoms with van der Waals surface area (Å²) in [5.41, 5.74) is 3.17. The number of amides is 1. The van der Waals surface area contributed by atoms with Crippen molar-refractivity contribution in [3.05, 3.63) is 76.4 Å². The molecule has 0 saturated heterocycles. The monoisotopic (exact) mass is 352 g/mol. The molecule has 2 heterocycles. The predicted octanol–water partition coefficient (Wildman–Crippen LogP) is 4.91. The summed E-state index contributed by atoms with van der Waals surface area (Å²) in [4.78, 5) is 14.1. The maximum Gasteiger partial charge on any atom is 0.254 e. The Hall–Kier alpha value is -2.33. The molecule has 3 nitrogen and oxygen atoms in total. The van der Waals surface area contributed by atoms with Crippen molar-refractivity contribution in [1.29, 1.82) is 0 Å². The Bertz CT molecular complexity index is 834. The molecule has 130 valence electrons. The summed E-state index contributed by atoms with van der Waals surface area (Å²) in [6.45, 7) is 6.18. The summed E-state index contributed by atoms with van der Waals surface area (Å²) in [7, 11) is 0. The number of aromatic nitrogens is 1. The summed E-state index contributed by atoms with van der Waals surface area (Å²) in [6, 6.07) is 14.5. The summed E-state index contributed by atoms with van der Waals surface area (Å²) in [6.07, 6.45) is 5.87. The topological polar surface area (TPSA) is 34.0 Å². The lowest BCUT2D eigenvalue weighted by Gasteiger charge is -2.15. The fraction of sp³-hybridized carbons (Fsp3) is 0.286. The van der Waals surface area contributed by atoms with Crippen LogP contribution in [0.1, 0.15) is 39.7 Å². The molecule has 0 spiro atoms. The van der Waals surface area contributed by atoms with Crippen molar-refractivity contribution >= 4 is 17.2 Å². The molecule has 0 unspecified atom stereocenters. The molecule has 0 fully saturated rings. The van der Waals surface area contributed by atoms with E-state index in [1.54, 1.807) is 11.3 Å². The average molecular weight is 353 g/mol. The van der Waals surface area contributed by atoms with Gasteiger partial charge in [-0.15, -0.1) is 11.3 Å². The van der Waals surface area contributed by atoms with Gasteiger partial charge in [0.1, 0.15) is 5.00 Å². The van der Waals surface area contributed by atoms with Crippen LogP contribution in [0.4, 0.5) is 0 Å². The zero-order chi connectivity index (χ0) is 17.8. The molecule has 0 aliphatic heterocycles. The van der Waals surface area contributed by atoms with Crippen LogP contribution >= 0.6 is 11.3 Å². The second kappa shape index (κ2) is 7.70. The van der Waals surface area contributed by atoms with Crippen LogP contribution in [0.25, 0.3) is 5.00 Å². The van der Waals surface area contributed by atoms with Crippen molar-refractivity contribution in [1.82, 2.24) is 9.88 Å². The third-order valence-electron chi connectivity index (χ3n) is 4.52. The molecule has 3 rings (SSSR count). The highest BCUT2D eigenvalue weighted by atomic mass is 32.1. The Morgan fingerprint density at radius 1 is 1.12 bits per heavy atom. The third kappa shape index (κ3) is 4.02. The number of carbonyl (C=O) groups is 1. The fourth-order valence-electron chi connectivity index (χ4n) is 2.92. The molecule has 3 aromatic rings. The summed E-state index contributed by atoms with van der Waals surface area (Å²) in [5.74, 6) is 0.0195. The lowest BCUT2D eigenvalue weighted by molar-refractivity contribution is 0.0938. The maximum absolute atomic E-state index is 12.9. The van der Waals surface area contributed by atoms with Crippen LogP contribution in [-0.2, 0) is 6.42 Å². The van der Waals surface area contributed by atoms with Gasteiger partial charge in [0.05, 0.1) is 5.56 Å². The van der Waals surface area contributed by atoms with E-state index in [9.17, 15) is 4.79 Å². The molecule has 25 heavy (non-hydrogen) atoms. The zero-order valence-corrected chi connectivity index (χ0v) is 15.8. The van der Waals surface area contributed by atoms with Crippen LogP contribution in [0, 0.1) is 13.8 Å². The van der Waals surface area contributed by atoms with E-state index >= 15 is 0 Å². The Kier molecular flexibility index (Phi) is 5.39. The summed E-state index contributed by atoms with van der Waals surface area (Å²) >= 11 is 1.67. The van der Waals surface area contributed by atoms with E-state index in [-0.39, 0.29) is 11.9 Å². The number of hydrogen-bond acceptors (Lipinski definition) is 2. The third-order valence-corrected chi connectivity index (χ3v) is 5.74. The van der Waals surface area contributed by atoms with Gasteiger partial charge in [-0.3, -0.25) is 4.79 Å². The predicted molar refractivity (Wildman–Crippen MR) is 105 cm³/mol. The van der Waals surface area contributed by atoms with Crippen molar-refractivity contribution in [3.63, 3.8) is 0 Å². The first-order valence-corrected chi connectivity index (χ1v) is 9.46. The van der Waals surface area contributed by atoms with Gasteiger partial charge in [-0.1, -0.05) is 30.3 Å². The van der Waals surface area contributed by atoms with Crippen molar-refractivity contribution in [2.75, 3.05) is 0 Å². The molecule has 0 radical (unpaired) electrons. The van der Waals surface area contributed by atoms with E-state index in [0.29, 0.717) is 0 Å². The summed E-state index contributed by atoms with van der Waals surface area (Å²) < 4.78 is 2.02. The van der Waals surface area contributed by atoms with Crippen LogP contribution in [0.2, 0.25) is 0 Å². The van der Waals surface area contributed by atoms with E-state index in [1.165, 1.54) is 10.4 Å². The number of thiophene rings is 1. The molecule has 4 heteroatoms. The highest BCUT2D eigenvalue weighted by Crippen LogP contribution is 2.31. The lowest BCUT2D eigenvalue weighted by atomic mass is 10.1. The van der Waals surface area contributed by atoms with E-state index in [4.69, 9.17) is 0 Å². The van der Waals surface area contributed by atoms with Crippen LogP contribution in [0.3, 0.4) is 0 Å². The molecule has 2 aromatic heterocycles. The quantitative estimate of drug-likeness (QED) is 0.672. The van der Waals surface area contributed by atoms with E-state index in [0.717, 1.165) is 29.0 Å². The first kappa shape index (κ1) is 17.5. The smallest absolute Gasteiger partial charge is 0.254 e. The number of carbonyl (C=O) groups excluding carboxylic acids is 1. The molecule has 0 aliphatic rings. The van der Waals surface area contributed by atoms with Crippen molar-refractivity contribution in [2.45, 2.75) is 39.7 Å². The lowest BCUT2D eigenvalue weighted by Crippen LogP contribution is -2.33. The van der Waals surface area contributed by atoms with Crippen LogP contribution in [0.5, 0.6) is 0 Å². The van der Waals surface area contributed by atoms with Crippen LogP contribution < -0.4 is 5.32 Å². The van der Waals surface area contributed by atoms with Gasteiger partial charge in [-0.25, -0.2) is 0 Å². The average Bonchev–Trinajstić information content (AvgIpc) is 3.23. The normalized spacial score (nSPS) is 12.1. The van der Waals surface area contributed by atoms with Gasteiger partial charge in [-0.05, 0) is 56.9 Å². The van der Waals surface area contributed by atoms with Gasteiger partial charge >= 0.3 is 0 Å². The second-order valence-corrected chi connectivity index (χ2v) is 7.66. The molecule has 1 N–H and O–H groups in total. The number of aryl methyl sites for hydroxylation is 2. The number of hydrogen-bond donors (Lipinski definition) is 1. The number of rotatable bonds is 6. The summed E-state index contributed by atoms with van der Waals surface area (Å²) in [5, 5.41) is 4.17. The number of benzene rings is 1. The standard InChI is InChI=1S/C21H24N2OS/c1-15(11-12-18-9-5-4-6-10-18)22-20(24)19-16(2)17(3)25-21(19)23-13-7-8-14-23/h4-10,13-15H,11-12H2,1-3H3,(H,22,24)/t15-/m0/s1. The first-order valence-electron chi connectivity index (χ1n) is 8.64. The Labute approximate surface area is 153 Å². The van der Waals surface area contributed by atoms with Gasteiger partial charge in [0.15, 0.2) is 0 Å². The minimum atomic E-state index is 0.0195. The second-order valence-electron chi connectivity index (χ2n) is 6.45. The molecule has 0 saturated carbocycles. The highest BCUT2D eigenvalue weighted by Gasteiger charge is 2.21.